The maximum absolute atomic E-state index is 13.1. The van der Waals surface area contributed by atoms with Gasteiger partial charge in [-0.15, -0.1) is 0 Å². The van der Waals surface area contributed by atoms with Gasteiger partial charge in [0.2, 0.25) is 17.7 Å². The van der Waals surface area contributed by atoms with Crippen LogP contribution in [0.2, 0.25) is 0 Å². The van der Waals surface area contributed by atoms with Crippen molar-refractivity contribution in [1.29, 1.82) is 0 Å². The highest BCUT2D eigenvalue weighted by molar-refractivity contribution is 5.77. The number of aromatic amines is 1. The molecule has 11 nitrogen and oxygen atoms in total. The molecular formula is C23H27FN8O3. The van der Waals surface area contributed by atoms with Crippen LogP contribution < -0.4 is 16.4 Å². The molecule has 35 heavy (non-hydrogen) atoms. The third-order valence-electron chi connectivity index (χ3n) is 5.37. The van der Waals surface area contributed by atoms with E-state index in [0.29, 0.717) is 30.3 Å². The highest BCUT2D eigenvalue weighted by Gasteiger charge is 2.16. The summed E-state index contributed by atoms with van der Waals surface area (Å²) in [6.07, 6.45) is 3.63. The van der Waals surface area contributed by atoms with Crippen LogP contribution in [0.25, 0.3) is 11.2 Å². The summed E-state index contributed by atoms with van der Waals surface area (Å²) in [7, 11) is 0. The van der Waals surface area contributed by atoms with E-state index in [-0.39, 0.29) is 36.0 Å². The summed E-state index contributed by atoms with van der Waals surface area (Å²) in [5, 5.41) is 3.96. The maximum atomic E-state index is 13.1. The first-order chi connectivity index (χ1) is 17.1. The highest BCUT2D eigenvalue weighted by atomic mass is 19.1. The molecule has 0 saturated heterocycles. The predicted molar refractivity (Wildman–Crippen MR) is 126 cm³/mol. The Kier molecular flexibility index (Phi) is 7.81. The number of amides is 1. The number of hydrazine groups is 1. The number of imidazole rings is 1. The lowest BCUT2D eigenvalue weighted by molar-refractivity contribution is -0.120. The molecule has 0 saturated carbocycles. The molecule has 0 radical (unpaired) electrons. The molecule has 1 aromatic carbocycles. The minimum absolute atomic E-state index is 0.0514. The van der Waals surface area contributed by atoms with Gasteiger partial charge in [0.15, 0.2) is 17.0 Å². The van der Waals surface area contributed by atoms with Crippen molar-refractivity contribution in [2.24, 2.45) is 0 Å². The number of H-pyrrole nitrogens is 1. The number of carbonyl (C=O) groups is 1. The van der Waals surface area contributed by atoms with Gasteiger partial charge in [-0.3, -0.25) is 25.0 Å². The lowest BCUT2D eigenvalue weighted by atomic mass is 10.1. The lowest BCUT2D eigenvalue weighted by Crippen LogP contribution is -2.33. The van der Waals surface area contributed by atoms with Crippen molar-refractivity contribution in [3.63, 3.8) is 0 Å². The number of anilines is 1. The fourth-order valence-corrected chi connectivity index (χ4v) is 3.61. The van der Waals surface area contributed by atoms with Crippen LogP contribution in [0.5, 0.6) is 0 Å². The molecule has 184 valence electrons. The monoisotopic (exact) mass is 482 g/mol. The number of fused-ring (bicyclic) bond motifs is 1. The summed E-state index contributed by atoms with van der Waals surface area (Å²) < 4.78 is 20.0. The van der Waals surface area contributed by atoms with Crippen LogP contribution >= 0.6 is 0 Å². The number of rotatable bonds is 12. The smallest absolute Gasteiger partial charge is 0.300 e. The maximum Gasteiger partial charge on any atom is 0.300 e. The normalized spacial score (nSPS) is 11.1. The summed E-state index contributed by atoms with van der Waals surface area (Å²) in [6.45, 7) is 1.74. The fourth-order valence-electron chi connectivity index (χ4n) is 3.61. The number of hydrogen-bond donors (Lipinski definition) is 3. The molecule has 3 heterocycles. The Balaban J connectivity index is 1.38. The van der Waals surface area contributed by atoms with Crippen molar-refractivity contribution in [1.82, 2.24) is 35.1 Å². The number of alkyl halides is 1. The van der Waals surface area contributed by atoms with Gasteiger partial charge in [0.25, 0.3) is 0 Å². The molecule has 0 fully saturated rings. The number of benzene rings is 1. The van der Waals surface area contributed by atoms with Crippen LogP contribution in [0.1, 0.15) is 55.7 Å². The van der Waals surface area contributed by atoms with E-state index in [2.05, 4.69) is 42.9 Å². The van der Waals surface area contributed by atoms with Gasteiger partial charge >= 0.3 is 5.56 Å². The molecule has 0 aliphatic rings. The van der Waals surface area contributed by atoms with Crippen molar-refractivity contribution in [2.75, 3.05) is 5.43 Å². The van der Waals surface area contributed by atoms with Gasteiger partial charge in [-0.25, -0.2) is 9.37 Å². The Morgan fingerprint density at radius 1 is 1.17 bits per heavy atom. The summed E-state index contributed by atoms with van der Waals surface area (Å²) in [5.41, 5.74) is 6.16. The molecule has 1 amide bonds. The van der Waals surface area contributed by atoms with Crippen LogP contribution in [-0.4, -0.2) is 35.6 Å². The molecule has 0 aliphatic carbocycles. The van der Waals surface area contributed by atoms with Gasteiger partial charge in [-0.05, 0) is 12.0 Å². The number of aryl methyl sites for hydroxylation is 2. The Labute approximate surface area is 200 Å². The number of carbonyl (C=O) groups excluding carboxylic acids is 1. The minimum Gasteiger partial charge on any atom is -0.339 e. The van der Waals surface area contributed by atoms with Gasteiger partial charge in [0.1, 0.15) is 12.5 Å². The molecular weight excluding hydrogens is 455 g/mol. The lowest BCUT2D eigenvalue weighted by Gasteiger charge is -2.14. The van der Waals surface area contributed by atoms with Crippen molar-refractivity contribution >= 4 is 23.0 Å². The number of unbranched alkanes of at least 4 members (excludes halogenated alkanes) is 2. The number of hydrogen-bond acceptors (Lipinski definition) is 8. The summed E-state index contributed by atoms with van der Waals surface area (Å²) >= 11 is 0. The second-order valence-electron chi connectivity index (χ2n) is 8.05. The molecule has 4 rings (SSSR count). The number of nitrogens with zero attached hydrogens (tertiary/aromatic N) is 5. The second-order valence-corrected chi connectivity index (χ2v) is 8.05. The van der Waals surface area contributed by atoms with Crippen molar-refractivity contribution < 1.29 is 13.7 Å². The summed E-state index contributed by atoms with van der Waals surface area (Å²) in [4.78, 5) is 40.0. The summed E-state index contributed by atoms with van der Waals surface area (Å²) in [6, 6.07) is 9.77. The predicted octanol–water partition coefficient (Wildman–Crippen LogP) is 2.83. The van der Waals surface area contributed by atoms with E-state index >= 15 is 0 Å². The minimum atomic E-state index is -0.828. The molecule has 3 N–H and O–H groups in total. The van der Waals surface area contributed by atoms with Gasteiger partial charge in [-0.1, -0.05) is 55.3 Å². The topological polar surface area (TPSA) is 144 Å². The molecule has 0 aliphatic heterocycles. The van der Waals surface area contributed by atoms with E-state index in [9.17, 15) is 14.0 Å². The van der Waals surface area contributed by atoms with E-state index in [1.807, 2.05) is 30.3 Å². The third kappa shape index (κ3) is 6.08. The standard InChI is InChI=1S/C23H27FN8O3/c1-2-3-7-12-32-21-20(26-17(14-24)27-21)22(34)28-23(32)30-29-18(33)10-11-19-25-16(31-35-19)13-15-8-5-4-6-9-15/h4-6,8-9H,2-3,7,10-14H2,1H3,(H,26,27)(H,29,33)(H,28,30,34). The molecule has 0 spiro atoms. The first-order valence-corrected chi connectivity index (χ1v) is 11.5. The molecule has 4 aromatic rings. The Bertz CT molecular complexity index is 1330. The number of halogens is 1. The zero-order chi connectivity index (χ0) is 24.6. The van der Waals surface area contributed by atoms with Gasteiger partial charge < -0.3 is 9.51 Å². The van der Waals surface area contributed by atoms with E-state index in [4.69, 9.17) is 4.52 Å². The van der Waals surface area contributed by atoms with Crippen molar-refractivity contribution in [2.45, 2.75) is 58.7 Å². The van der Waals surface area contributed by atoms with E-state index in [0.717, 1.165) is 24.8 Å². The Morgan fingerprint density at radius 3 is 2.77 bits per heavy atom. The zero-order valence-electron chi connectivity index (χ0n) is 19.4. The second kappa shape index (κ2) is 11.4. The van der Waals surface area contributed by atoms with Crippen LogP contribution in [0, 0.1) is 0 Å². The van der Waals surface area contributed by atoms with Gasteiger partial charge in [0, 0.05) is 25.8 Å². The average Bonchev–Trinajstić information content (AvgIpc) is 3.51. The number of aromatic nitrogens is 6. The third-order valence-corrected chi connectivity index (χ3v) is 5.37. The fraction of sp³-hybridized carbons (Fsp3) is 0.391. The van der Waals surface area contributed by atoms with Crippen LogP contribution in [0.4, 0.5) is 10.3 Å². The van der Waals surface area contributed by atoms with Crippen LogP contribution in [0.3, 0.4) is 0 Å². The molecule has 0 bridgehead atoms. The largest absolute Gasteiger partial charge is 0.339 e. The van der Waals surface area contributed by atoms with E-state index in [1.54, 1.807) is 4.57 Å². The average molecular weight is 483 g/mol. The molecule has 0 unspecified atom stereocenters. The van der Waals surface area contributed by atoms with Gasteiger partial charge in [0.05, 0.1) is 0 Å². The first-order valence-electron chi connectivity index (χ1n) is 11.5. The van der Waals surface area contributed by atoms with E-state index < -0.39 is 12.2 Å². The zero-order valence-corrected chi connectivity index (χ0v) is 19.4. The van der Waals surface area contributed by atoms with E-state index in [1.165, 1.54) is 0 Å². The quantitative estimate of drug-likeness (QED) is 0.207. The Hall–Kier alpha value is -4.09. The SMILES string of the molecule is CCCCCn1c(NNC(=O)CCc2nc(Cc3ccccc3)no2)nc(=O)c2[nH]c(CF)nc21. The van der Waals surface area contributed by atoms with Crippen molar-refractivity contribution in [3.05, 3.63) is 63.8 Å². The van der Waals surface area contributed by atoms with Crippen LogP contribution in [-0.2, 0) is 30.9 Å². The van der Waals surface area contributed by atoms with Gasteiger partial charge in [-0.2, -0.15) is 9.97 Å². The first kappa shape index (κ1) is 24.0. The van der Waals surface area contributed by atoms with Crippen LogP contribution in [0.15, 0.2) is 39.6 Å². The highest BCUT2D eigenvalue weighted by Crippen LogP contribution is 2.15. The molecule has 12 heteroatoms. The van der Waals surface area contributed by atoms with Crippen molar-refractivity contribution in [3.8, 4) is 0 Å². The molecule has 3 aromatic heterocycles. The molecule has 0 atom stereocenters. The number of nitrogens with one attached hydrogen (secondary N) is 3. The Morgan fingerprint density at radius 2 is 2.00 bits per heavy atom. The summed E-state index contributed by atoms with van der Waals surface area (Å²) in [5.74, 6) is 0.735.